The fraction of sp³-hybridized carbons (Fsp3) is 0.176. The lowest BCUT2D eigenvalue weighted by atomic mass is 10.2. The second kappa shape index (κ2) is 5.89. The number of benzene rings is 2. The molecule has 5 heteroatoms. The van der Waals surface area contributed by atoms with Crippen molar-refractivity contribution in [3.05, 3.63) is 54.1 Å². The zero-order valence-corrected chi connectivity index (χ0v) is 12.5. The van der Waals surface area contributed by atoms with Crippen molar-refractivity contribution in [3.63, 3.8) is 0 Å². The van der Waals surface area contributed by atoms with E-state index in [-0.39, 0.29) is 12.5 Å². The number of nitrogens with one attached hydrogen (secondary N) is 1. The van der Waals surface area contributed by atoms with Gasteiger partial charge in [0.2, 0.25) is 5.95 Å². The van der Waals surface area contributed by atoms with Gasteiger partial charge >= 0.3 is 0 Å². The minimum atomic E-state index is -0.237. The minimum absolute atomic E-state index is 0.0493. The average Bonchev–Trinajstić information content (AvgIpc) is 2.83. The lowest BCUT2D eigenvalue weighted by Gasteiger charge is -2.07. The maximum atomic E-state index is 12.0. The zero-order chi connectivity index (χ0) is 15.5. The van der Waals surface area contributed by atoms with Gasteiger partial charge in [0.25, 0.3) is 5.91 Å². The van der Waals surface area contributed by atoms with Gasteiger partial charge in [-0.2, -0.15) is 0 Å². The first-order valence-corrected chi connectivity index (χ1v) is 7.04. The Morgan fingerprint density at radius 2 is 1.91 bits per heavy atom. The molecule has 112 valence electrons. The maximum absolute atomic E-state index is 12.0. The molecule has 0 saturated heterocycles. The van der Waals surface area contributed by atoms with Gasteiger partial charge in [-0.25, -0.2) is 4.98 Å². The molecule has 0 saturated carbocycles. The molecule has 0 aliphatic carbocycles. The molecular weight excluding hydrogens is 278 g/mol. The second-order valence-electron chi connectivity index (χ2n) is 5.13. The van der Waals surface area contributed by atoms with Crippen LogP contribution < -0.4 is 10.1 Å². The van der Waals surface area contributed by atoms with Gasteiger partial charge in [0.1, 0.15) is 5.75 Å². The minimum Gasteiger partial charge on any atom is -0.484 e. The van der Waals surface area contributed by atoms with E-state index in [4.69, 9.17) is 4.74 Å². The quantitative estimate of drug-likeness (QED) is 0.805. The predicted molar refractivity (Wildman–Crippen MR) is 86.0 cm³/mol. The van der Waals surface area contributed by atoms with Crippen LogP contribution in [0.5, 0.6) is 5.75 Å². The summed E-state index contributed by atoms with van der Waals surface area (Å²) in [6, 6.07) is 15.3. The molecule has 0 radical (unpaired) electrons. The van der Waals surface area contributed by atoms with Crippen molar-refractivity contribution in [1.29, 1.82) is 0 Å². The lowest BCUT2D eigenvalue weighted by Crippen LogP contribution is -2.22. The molecule has 0 atom stereocenters. The van der Waals surface area contributed by atoms with E-state index in [9.17, 15) is 4.79 Å². The number of carbonyl (C=O) groups is 1. The number of ether oxygens (including phenoxy) is 1. The van der Waals surface area contributed by atoms with E-state index < -0.39 is 0 Å². The number of rotatable bonds is 4. The number of fused-ring (bicyclic) bond motifs is 1. The highest BCUT2D eigenvalue weighted by atomic mass is 16.5. The van der Waals surface area contributed by atoms with Crippen molar-refractivity contribution in [2.75, 3.05) is 11.9 Å². The number of para-hydroxylation sites is 2. The summed E-state index contributed by atoms with van der Waals surface area (Å²) in [5.41, 5.74) is 2.97. The first-order chi connectivity index (χ1) is 10.6. The molecule has 2 aromatic carbocycles. The number of hydrogen-bond donors (Lipinski definition) is 1. The van der Waals surface area contributed by atoms with Gasteiger partial charge in [-0.15, -0.1) is 0 Å². The van der Waals surface area contributed by atoms with Crippen molar-refractivity contribution in [1.82, 2.24) is 9.55 Å². The topological polar surface area (TPSA) is 56.1 Å². The Balaban J connectivity index is 1.65. The van der Waals surface area contributed by atoms with Crippen LogP contribution in [0.2, 0.25) is 0 Å². The van der Waals surface area contributed by atoms with Gasteiger partial charge in [-0.3, -0.25) is 10.1 Å². The molecule has 0 unspecified atom stereocenters. The summed E-state index contributed by atoms with van der Waals surface area (Å²) in [4.78, 5) is 16.4. The Labute approximate surface area is 128 Å². The van der Waals surface area contributed by atoms with E-state index in [2.05, 4.69) is 10.3 Å². The Hall–Kier alpha value is -2.82. The first-order valence-electron chi connectivity index (χ1n) is 7.04. The van der Waals surface area contributed by atoms with Crippen LogP contribution in [0.4, 0.5) is 5.95 Å². The summed E-state index contributed by atoms with van der Waals surface area (Å²) in [7, 11) is 1.87. The number of aromatic nitrogens is 2. The molecule has 0 aliphatic rings. The number of nitrogens with zero attached hydrogens (tertiary/aromatic N) is 2. The molecule has 1 heterocycles. The Morgan fingerprint density at radius 1 is 1.18 bits per heavy atom. The third kappa shape index (κ3) is 2.93. The Kier molecular flexibility index (Phi) is 3.78. The van der Waals surface area contributed by atoms with Crippen LogP contribution in [0.15, 0.2) is 48.5 Å². The fourth-order valence-electron chi connectivity index (χ4n) is 2.20. The van der Waals surface area contributed by atoms with Crippen LogP contribution in [0, 0.1) is 6.92 Å². The van der Waals surface area contributed by atoms with Crippen molar-refractivity contribution in [2.45, 2.75) is 6.92 Å². The van der Waals surface area contributed by atoms with E-state index in [1.165, 1.54) is 0 Å². The van der Waals surface area contributed by atoms with E-state index >= 15 is 0 Å². The number of carbonyl (C=O) groups excluding carboxylic acids is 1. The van der Waals surface area contributed by atoms with Gasteiger partial charge in [0, 0.05) is 7.05 Å². The summed E-state index contributed by atoms with van der Waals surface area (Å²) < 4.78 is 7.31. The summed E-state index contributed by atoms with van der Waals surface area (Å²) in [6.07, 6.45) is 0. The third-order valence-corrected chi connectivity index (χ3v) is 3.43. The van der Waals surface area contributed by atoms with Gasteiger partial charge in [0.15, 0.2) is 6.61 Å². The standard InChI is InChI=1S/C17H17N3O2/c1-12-7-9-13(10-8-12)22-11-16(21)19-17-18-14-5-3-4-6-15(14)20(17)2/h3-10H,11H2,1-2H3,(H,18,19,21). The molecule has 22 heavy (non-hydrogen) atoms. The molecule has 0 spiro atoms. The maximum Gasteiger partial charge on any atom is 0.264 e. The van der Waals surface area contributed by atoms with Crippen molar-refractivity contribution in [3.8, 4) is 5.75 Å². The molecule has 0 bridgehead atoms. The summed E-state index contributed by atoms with van der Waals surface area (Å²) in [6.45, 7) is 1.95. The van der Waals surface area contributed by atoms with Crippen molar-refractivity contribution < 1.29 is 9.53 Å². The van der Waals surface area contributed by atoms with Crippen molar-refractivity contribution >= 4 is 22.9 Å². The van der Waals surface area contributed by atoms with Gasteiger partial charge < -0.3 is 9.30 Å². The number of imidazole rings is 1. The first kappa shape index (κ1) is 14.1. The van der Waals surface area contributed by atoms with Crippen LogP contribution in [0.1, 0.15) is 5.56 Å². The molecular formula is C17H17N3O2. The molecule has 1 amide bonds. The molecule has 5 nitrogen and oxygen atoms in total. The molecule has 0 aliphatic heterocycles. The molecule has 0 fully saturated rings. The molecule has 1 aromatic heterocycles. The average molecular weight is 295 g/mol. The largest absolute Gasteiger partial charge is 0.484 e. The SMILES string of the molecule is Cc1ccc(OCC(=O)Nc2nc3ccccc3n2C)cc1. The number of aryl methyl sites for hydroxylation is 2. The van der Waals surface area contributed by atoms with E-state index in [0.717, 1.165) is 16.6 Å². The van der Waals surface area contributed by atoms with Gasteiger partial charge in [-0.1, -0.05) is 29.8 Å². The van der Waals surface area contributed by atoms with Crippen LogP contribution in [-0.2, 0) is 11.8 Å². The zero-order valence-electron chi connectivity index (χ0n) is 12.5. The van der Waals surface area contributed by atoms with E-state index in [0.29, 0.717) is 11.7 Å². The Bertz CT molecular complexity index is 806. The number of anilines is 1. The van der Waals surface area contributed by atoms with Crippen LogP contribution >= 0.6 is 0 Å². The highest BCUT2D eigenvalue weighted by Gasteiger charge is 2.10. The second-order valence-corrected chi connectivity index (χ2v) is 5.13. The van der Waals surface area contributed by atoms with Crippen LogP contribution in [-0.4, -0.2) is 22.1 Å². The van der Waals surface area contributed by atoms with Crippen molar-refractivity contribution in [2.24, 2.45) is 7.05 Å². The number of hydrogen-bond acceptors (Lipinski definition) is 3. The Morgan fingerprint density at radius 3 is 2.64 bits per heavy atom. The van der Waals surface area contributed by atoms with Crippen LogP contribution in [0.3, 0.4) is 0 Å². The fourth-order valence-corrected chi connectivity index (χ4v) is 2.20. The third-order valence-electron chi connectivity index (χ3n) is 3.43. The van der Waals surface area contributed by atoms with E-state index in [1.54, 1.807) is 0 Å². The highest BCUT2D eigenvalue weighted by molar-refractivity contribution is 5.92. The molecule has 3 rings (SSSR count). The van der Waals surface area contributed by atoms with Crippen LogP contribution in [0.25, 0.3) is 11.0 Å². The number of amides is 1. The normalized spacial score (nSPS) is 10.6. The summed E-state index contributed by atoms with van der Waals surface area (Å²) in [5, 5.41) is 2.77. The summed E-state index contributed by atoms with van der Waals surface area (Å²) >= 11 is 0. The predicted octanol–water partition coefficient (Wildman–Crippen LogP) is 2.90. The van der Waals surface area contributed by atoms with Gasteiger partial charge in [-0.05, 0) is 31.2 Å². The monoisotopic (exact) mass is 295 g/mol. The lowest BCUT2D eigenvalue weighted by molar-refractivity contribution is -0.118. The molecule has 3 aromatic rings. The highest BCUT2D eigenvalue weighted by Crippen LogP contribution is 2.17. The van der Waals surface area contributed by atoms with Gasteiger partial charge in [0.05, 0.1) is 11.0 Å². The molecule has 1 N–H and O–H groups in total. The van der Waals surface area contributed by atoms with E-state index in [1.807, 2.05) is 67.1 Å². The summed E-state index contributed by atoms with van der Waals surface area (Å²) in [5.74, 6) is 0.948. The smallest absolute Gasteiger partial charge is 0.264 e.